The zero-order valence-electron chi connectivity index (χ0n) is 19.2. The monoisotopic (exact) mass is 488 g/mol. The number of hydrogen-bond acceptors (Lipinski definition) is 6. The van der Waals surface area contributed by atoms with Gasteiger partial charge in [0.25, 0.3) is 5.56 Å². The summed E-state index contributed by atoms with van der Waals surface area (Å²) in [6.07, 6.45) is 2.11. The summed E-state index contributed by atoms with van der Waals surface area (Å²) in [7, 11) is 1.49. The summed E-state index contributed by atoms with van der Waals surface area (Å²) < 4.78 is 39.1. The molecule has 0 bridgehead atoms. The van der Waals surface area contributed by atoms with Crippen LogP contribution >= 0.6 is 0 Å². The molecule has 0 saturated carbocycles. The number of ether oxygens (including phenoxy) is 2. The fourth-order valence-electron chi connectivity index (χ4n) is 4.28. The topological polar surface area (TPSA) is 95.7 Å². The van der Waals surface area contributed by atoms with Crippen LogP contribution in [0.5, 0.6) is 11.6 Å². The average Bonchev–Trinajstić information content (AvgIpc) is 2.90. The number of piperidine rings is 1. The first-order valence-corrected chi connectivity index (χ1v) is 11.2. The number of rotatable bonds is 9. The van der Waals surface area contributed by atoms with Crippen molar-refractivity contribution in [3.8, 4) is 11.6 Å². The Balaban J connectivity index is 1.83. The van der Waals surface area contributed by atoms with Gasteiger partial charge in [0.1, 0.15) is 19.1 Å². The first kappa shape index (κ1) is 24.4. The molecule has 3 aromatic rings. The smallest absolute Gasteiger partial charge is 0.332 e. The molecule has 35 heavy (non-hydrogen) atoms. The van der Waals surface area contributed by atoms with E-state index in [9.17, 15) is 23.2 Å². The van der Waals surface area contributed by atoms with Crippen LogP contribution in [-0.4, -0.2) is 65.1 Å². The number of amides is 1. The number of aromatic nitrogens is 3. The molecule has 0 radical (unpaired) electrons. The fraction of sp³-hybridized carbons (Fsp3) is 0.417. The Morgan fingerprint density at radius 3 is 2.49 bits per heavy atom. The average molecular weight is 488 g/mol. The molecule has 0 aliphatic carbocycles. The highest BCUT2D eigenvalue weighted by Gasteiger charge is 2.25. The molecule has 1 aliphatic rings. The summed E-state index contributed by atoms with van der Waals surface area (Å²) in [5.74, 6) is 0.532. The number of likely N-dealkylation sites (tertiary alicyclic amines) is 1. The summed E-state index contributed by atoms with van der Waals surface area (Å²) in [6, 6.07) is 7.57. The van der Waals surface area contributed by atoms with E-state index in [4.69, 9.17) is 9.47 Å². The molecule has 0 atom stereocenters. The van der Waals surface area contributed by atoms with Gasteiger partial charge < -0.3 is 14.4 Å². The van der Waals surface area contributed by atoms with Crippen LogP contribution in [0.2, 0.25) is 0 Å². The van der Waals surface area contributed by atoms with Crippen molar-refractivity contribution in [1.29, 1.82) is 0 Å². The lowest BCUT2D eigenvalue weighted by atomic mass is 10.0. The van der Waals surface area contributed by atoms with Gasteiger partial charge in [-0.25, -0.2) is 18.6 Å². The van der Waals surface area contributed by atoms with E-state index in [1.807, 2.05) is 0 Å². The number of benzene rings is 1. The van der Waals surface area contributed by atoms with Gasteiger partial charge in [0.05, 0.1) is 24.6 Å². The molecule has 1 saturated heterocycles. The zero-order chi connectivity index (χ0) is 24.9. The minimum Gasteiger partial charge on any atom is -0.485 e. The second-order valence-corrected chi connectivity index (χ2v) is 8.35. The lowest BCUT2D eigenvalue weighted by Gasteiger charge is -2.31. The van der Waals surface area contributed by atoms with Crippen LogP contribution in [0, 0.1) is 0 Å². The third-order valence-corrected chi connectivity index (χ3v) is 6.15. The Morgan fingerprint density at radius 2 is 1.89 bits per heavy atom. The number of alkyl halides is 2. The molecule has 1 amide bonds. The molecule has 4 rings (SSSR count). The molecular weight excluding hydrogens is 462 g/mol. The van der Waals surface area contributed by atoms with Crippen molar-refractivity contribution in [1.82, 2.24) is 19.0 Å². The summed E-state index contributed by atoms with van der Waals surface area (Å²) in [4.78, 5) is 43.9. The van der Waals surface area contributed by atoms with Crippen molar-refractivity contribution in [2.75, 3.05) is 33.5 Å². The number of methoxy groups -OCH3 is 1. The Morgan fingerprint density at radius 1 is 1.14 bits per heavy atom. The SMILES string of the molecule is COc1ccc(Cn2c(=O)c3cc(OC(CF)CF)ccc3n(C3CCN(C=O)CC3)c2=O)cn1. The first-order chi connectivity index (χ1) is 17.0. The predicted molar refractivity (Wildman–Crippen MR) is 125 cm³/mol. The highest BCUT2D eigenvalue weighted by molar-refractivity contribution is 5.80. The van der Waals surface area contributed by atoms with Crippen molar-refractivity contribution >= 4 is 17.3 Å². The van der Waals surface area contributed by atoms with Gasteiger partial charge in [0.2, 0.25) is 12.3 Å². The quantitative estimate of drug-likeness (QED) is 0.428. The fourth-order valence-corrected chi connectivity index (χ4v) is 4.28. The van der Waals surface area contributed by atoms with E-state index in [0.29, 0.717) is 42.9 Å². The van der Waals surface area contributed by atoms with Gasteiger partial charge in [-0.2, -0.15) is 0 Å². The Labute approximate surface area is 199 Å². The number of carbonyl (C=O) groups is 1. The third kappa shape index (κ3) is 5.03. The Bertz CT molecular complexity index is 1300. The molecule has 9 nitrogen and oxygen atoms in total. The molecule has 3 heterocycles. The van der Waals surface area contributed by atoms with Gasteiger partial charge in [-0.3, -0.25) is 18.7 Å². The van der Waals surface area contributed by atoms with Crippen molar-refractivity contribution in [2.45, 2.75) is 31.5 Å². The predicted octanol–water partition coefficient (Wildman–Crippen LogP) is 2.09. The van der Waals surface area contributed by atoms with E-state index >= 15 is 0 Å². The summed E-state index contributed by atoms with van der Waals surface area (Å²) >= 11 is 0. The van der Waals surface area contributed by atoms with Gasteiger partial charge in [-0.15, -0.1) is 0 Å². The van der Waals surface area contributed by atoms with Crippen molar-refractivity contribution in [3.63, 3.8) is 0 Å². The number of pyridine rings is 1. The summed E-state index contributed by atoms with van der Waals surface area (Å²) in [6.45, 7) is -1.09. The number of nitrogens with zero attached hydrogens (tertiary/aromatic N) is 4. The van der Waals surface area contributed by atoms with Gasteiger partial charge in [-0.05, 0) is 36.6 Å². The van der Waals surface area contributed by atoms with Crippen LogP contribution in [-0.2, 0) is 11.3 Å². The van der Waals surface area contributed by atoms with Crippen LogP contribution in [0.1, 0.15) is 24.4 Å². The maximum atomic E-state index is 13.6. The number of hydrogen-bond donors (Lipinski definition) is 0. The van der Waals surface area contributed by atoms with E-state index in [2.05, 4.69) is 4.98 Å². The van der Waals surface area contributed by atoms with Crippen LogP contribution in [0.3, 0.4) is 0 Å². The largest absolute Gasteiger partial charge is 0.485 e. The van der Waals surface area contributed by atoms with Crippen LogP contribution < -0.4 is 20.7 Å². The normalized spacial score (nSPS) is 14.5. The lowest BCUT2D eigenvalue weighted by Crippen LogP contribution is -2.44. The second-order valence-electron chi connectivity index (χ2n) is 8.35. The molecule has 2 aromatic heterocycles. The number of carbonyl (C=O) groups excluding carboxylic acids is 1. The zero-order valence-corrected chi connectivity index (χ0v) is 19.2. The summed E-state index contributed by atoms with van der Waals surface area (Å²) in [5.41, 5.74) is -0.0149. The van der Waals surface area contributed by atoms with Crippen LogP contribution in [0.4, 0.5) is 8.78 Å². The van der Waals surface area contributed by atoms with E-state index in [0.717, 1.165) is 11.0 Å². The van der Waals surface area contributed by atoms with Gasteiger partial charge in [0.15, 0.2) is 6.10 Å². The molecule has 1 fully saturated rings. The first-order valence-electron chi connectivity index (χ1n) is 11.2. The van der Waals surface area contributed by atoms with Crippen molar-refractivity contribution in [2.24, 2.45) is 0 Å². The van der Waals surface area contributed by atoms with Crippen molar-refractivity contribution < 1.29 is 23.0 Å². The van der Waals surface area contributed by atoms with E-state index in [1.165, 1.54) is 25.4 Å². The van der Waals surface area contributed by atoms with Gasteiger partial charge in [-0.1, -0.05) is 6.07 Å². The van der Waals surface area contributed by atoms with E-state index in [-0.39, 0.29) is 23.7 Å². The van der Waals surface area contributed by atoms with Crippen molar-refractivity contribution in [3.05, 3.63) is 62.9 Å². The van der Waals surface area contributed by atoms with Gasteiger partial charge >= 0.3 is 5.69 Å². The Hall–Kier alpha value is -3.76. The molecule has 1 aliphatic heterocycles. The van der Waals surface area contributed by atoms with E-state index in [1.54, 1.807) is 27.7 Å². The number of fused-ring (bicyclic) bond motifs is 1. The van der Waals surface area contributed by atoms with Gasteiger partial charge in [0, 0.05) is 31.4 Å². The molecular formula is C24H26F2N4O5. The standard InChI is InChI=1S/C24H26F2N4O5/c1-34-22-5-2-16(13-27-22)14-29-23(32)20-10-18(35-19(11-25)12-26)3-4-21(20)30(24(29)33)17-6-8-28(15-31)9-7-17/h2-5,10,13,15,17,19H,6-9,11-12,14H2,1H3. The minimum absolute atomic E-state index is 0.0273. The molecule has 0 N–H and O–H groups in total. The molecule has 1 aromatic carbocycles. The molecule has 0 unspecified atom stereocenters. The molecule has 11 heteroatoms. The number of halogens is 2. The molecule has 0 spiro atoms. The highest BCUT2D eigenvalue weighted by Crippen LogP contribution is 2.26. The second kappa shape index (κ2) is 10.7. The van der Waals surface area contributed by atoms with E-state index < -0.39 is 30.7 Å². The van der Waals surface area contributed by atoms with Crippen LogP contribution in [0.15, 0.2) is 46.1 Å². The lowest BCUT2D eigenvalue weighted by molar-refractivity contribution is -0.119. The molecule has 186 valence electrons. The van der Waals surface area contributed by atoms with Crippen LogP contribution in [0.25, 0.3) is 10.9 Å². The maximum Gasteiger partial charge on any atom is 0.332 e. The Kier molecular flexibility index (Phi) is 7.42. The third-order valence-electron chi connectivity index (χ3n) is 6.15. The minimum atomic E-state index is -1.28. The summed E-state index contributed by atoms with van der Waals surface area (Å²) in [5, 5.41) is 0.192. The highest BCUT2D eigenvalue weighted by atomic mass is 19.1. The maximum absolute atomic E-state index is 13.6.